The molecule has 17 heavy (non-hydrogen) atoms. The summed E-state index contributed by atoms with van der Waals surface area (Å²) in [5.74, 6) is 0.857. The Hall–Kier alpha value is -2.24. The molecule has 6 heteroatoms. The minimum absolute atomic E-state index is 0.593. The minimum Gasteiger partial charge on any atom is -0.385 e. The third-order valence-corrected chi connectivity index (χ3v) is 2.52. The molecule has 0 aliphatic heterocycles. The van der Waals surface area contributed by atoms with E-state index in [2.05, 4.69) is 25.4 Å². The van der Waals surface area contributed by atoms with Gasteiger partial charge in [-0.3, -0.25) is 4.98 Å². The summed E-state index contributed by atoms with van der Waals surface area (Å²) in [6.07, 6.45) is 1.71. The second-order valence-corrected chi connectivity index (χ2v) is 3.73. The molecule has 0 bridgehead atoms. The van der Waals surface area contributed by atoms with E-state index in [1.54, 1.807) is 20.2 Å². The van der Waals surface area contributed by atoms with Gasteiger partial charge in [0.1, 0.15) is 11.3 Å². The van der Waals surface area contributed by atoms with E-state index in [1.165, 1.54) is 0 Å². The van der Waals surface area contributed by atoms with E-state index in [-0.39, 0.29) is 0 Å². The number of H-pyrrole nitrogens is 1. The predicted molar refractivity (Wildman–Crippen MR) is 65.4 cm³/mol. The third kappa shape index (κ3) is 2.01. The Morgan fingerprint density at radius 2 is 2.29 bits per heavy atom. The Morgan fingerprint density at radius 1 is 1.53 bits per heavy atom. The van der Waals surface area contributed by atoms with Crippen molar-refractivity contribution in [2.75, 3.05) is 7.05 Å². The first-order valence-corrected chi connectivity index (χ1v) is 5.24. The zero-order valence-corrected chi connectivity index (χ0v) is 10.00. The first-order valence-electron chi connectivity index (χ1n) is 5.24. The molecule has 6 nitrogen and oxygen atoms in total. The van der Waals surface area contributed by atoms with Crippen molar-refractivity contribution < 1.29 is 0 Å². The van der Waals surface area contributed by atoms with Crippen LogP contribution in [-0.2, 0) is 0 Å². The van der Waals surface area contributed by atoms with Gasteiger partial charge in [-0.2, -0.15) is 5.11 Å². The van der Waals surface area contributed by atoms with Crippen LogP contribution in [0.2, 0.25) is 0 Å². The van der Waals surface area contributed by atoms with Crippen molar-refractivity contribution in [1.82, 2.24) is 20.3 Å². The smallest absolute Gasteiger partial charge is 0.107 e. The standard InChI is InChI=1S/C11H14N6/c1-6(17-12)11(13-3)9-4-8-10(5-14-9)16-7(2)15-8/h4-5,12-13H,1-3H3,(H,15,16)/b11-6-,17-12?. The van der Waals surface area contributed by atoms with Gasteiger partial charge < -0.3 is 10.3 Å². The van der Waals surface area contributed by atoms with Crippen molar-refractivity contribution in [2.24, 2.45) is 5.11 Å². The Kier molecular flexibility index (Phi) is 2.86. The van der Waals surface area contributed by atoms with E-state index in [4.69, 9.17) is 5.53 Å². The van der Waals surface area contributed by atoms with Gasteiger partial charge >= 0.3 is 0 Å². The summed E-state index contributed by atoms with van der Waals surface area (Å²) in [7, 11) is 1.79. The van der Waals surface area contributed by atoms with Crippen LogP contribution in [0, 0.1) is 12.5 Å². The van der Waals surface area contributed by atoms with Crippen molar-refractivity contribution in [3.05, 3.63) is 29.5 Å². The van der Waals surface area contributed by atoms with Crippen LogP contribution in [0.25, 0.3) is 16.7 Å². The molecular weight excluding hydrogens is 216 g/mol. The van der Waals surface area contributed by atoms with Crippen molar-refractivity contribution in [3.8, 4) is 0 Å². The summed E-state index contributed by atoms with van der Waals surface area (Å²) in [6.45, 7) is 3.67. The van der Waals surface area contributed by atoms with Crippen LogP contribution >= 0.6 is 0 Å². The Labute approximate surface area is 98.7 Å². The normalized spacial score (nSPS) is 12.4. The number of nitrogens with one attached hydrogen (secondary N) is 3. The van der Waals surface area contributed by atoms with Gasteiger partial charge in [-0.05, 0) is 19.9 Å². The van der Waals surface area contributed by atoms with Crippen molar-refractivity contribution in [3.63, 3.8) is 0 Å². The number of imidazole rings is 1. The maximum Gasteiger partial charge on any atom is 0.107 e. The molecule has 0 radical (unpaired) electrons. The number of rotatable bonds is 3. The molecule has 0 saturated carbocycles. The van der Waals surface area contributed by atoms with Gasteiger partial charge in [-0.15, -0.1) is 0 Å². The second-order valence-electron chi connectivity index (χ2n) is 3.73. The fraction of sp³-hybridized carbons (Fsp3) is 0.273. The molecule has 0 atom stereocenters. The number of allylic oxidation sites excluding steroid dienone is 1. The van der Waals surface area contributed by atoms with Crippen LogP contribution in [0.4, 0.5) is 0 Å². The molecule has 2 aromatic heterocycles. The van der Waals surface area contributed by atoms with Gasteiger partial charge in [0.2, 0.25) is 0 Å². The maximum atomic E-state index is 7.04. The van der Waals surface area contributed by atoms with E-state index in [0.717, 1.165) is 28.2 Å². The van der Waals surface area contributed by atoms with Crippen LogP contribution in [0.3, 0.4) is 0 Å². The lowest BCUT2D eigenvalue weighted by molar-refractivity contribution is 1.00. The monoisotopic (exact) mass is 230 g/mol. The molecule has 2 rings (SSSR count). The lowest BCUT2D eigenvalue weighted by Crippen LogP contribution is -2.08. The van der Waals surface area contributed by atoms with Gasteiger partial charge in [0, 0.05) is 7.05 Å². The summed E-state index contributed by atoms with van der Waals surface area (Å²) in [4.78, 5) is 11.8. The quantitative estimate of drug-likeness (QED) is 0.706. The molecule has 0 aliphatic carbocycles. The molecular formula is C11H14N6. The van der Waals surface area contributed by atoms with Crippen LogP contribution < -0.4 is 5.32 Å². The highest BCUT2D eigenvalue weighted by Gasteiger charge is 2.08. The molecule has 0 unspecified atom stereocenters. The highest BCUT2D eigenvalue weighted by molar-refractivity contribution is 5.78. The average Bonchev–Trinajstić information content (AvgIpc) is 2.69. The number of nitrogens with zero attached hydrogens (tertiary/aromatic N) is 3. The van der Waals surface area contributed by atoms with E-state index < -0.39 is 0 Å². The van der Waals surface area contributed by atoms with Gasteiger partial charge in [-0.1, -0.05) is 0 Å². The molecule has 0 amide bonds. The van der Waals surface area contributed by atoms with Crippen LogP contribution in [0.5, 0.6) is 0 Å². The fourth-order valence-electron chi connectivity index (χ4n) is 1.73. The molecule has 0 aliphatic rings. The topological polar surface area (TPSA) is 89.8 Å². The van der Waals surface area contributed by atoms with Crippen molar-refractivity contribution in [2.45, 2.75) is 13.8 Å². The number of hydrogen-bond donors (Lipinski definition) is 3. The summed E-state index contributed by atoms with van der Waals surface area (Å²) in [5.41, 5.74) is 10.9. The summed E-state index contributed by atoms with van der Waals surface area (Å²) >= 11 is 0. The number of hydrogen-bond acceptors (Lipinski definition) is 5. The average molecular weight is 230 g/mol. The highest BCUT2D eigenvalue weighted by atomic mass is 15.0. The molecule has 88 valence electrons. The zero-order valence-electron chi connectivity index (χ0n) is 10.00. The minimum atomic E-state index is 0.593. The first kappa shape index (κ1) is 11.3. The molecule has 2 aromatic rings. The Morgan fingerprint density at radius 3 is 2.94 bits per heavy atom. The Bertz CT molecular complexity index is 595. The lowest BCUT2D eigenvalue weighted by atomic mass is 10.2. The van der Waals surface area contributed by atoms with E-state index in [9.17, 15) is 0 Å². The number of fused-ring (bicyclic) bond motifs is 1. The van der Waals surface area contributed by atoms with Gasteiger partial charge in [0.05, 0.1) is 28.8 Å². The molecule has 0 fully saturated rings. The van der Waals surface area contributed by atoms with Gasteiger partial charge in [-0.25, -0.2) is 10.5 Å². The van der Waals surface area contributed by atoms with E-state index >= 15 is 0 Å². The first-order chi connectivity index (χ1) is 8.15. The van der Waals surface area contributed by atoms with Crippen LogP contribution in [-0.4, -0.2) is 22.0 Å². The number of pyridine rings is 1. The van der Waals surface area contributed by atoms with E-state index in [1.807, 2.05) is 13.0 Å². The van der Waals surface area contributed by atoms with Gasteiger partial charge in [0.15, 0.2) is 0 Å². The Balaban J connectivity index is 2.59. The molecule has 0 aromatic carbocycles. The number of aromatic nitrogens is 3. The zero-order chi connectivity index (χ0) is 12.4. The summed E-state index contributed by atoms with van der Waals surface area (Å²) in [6, 6.07) is 1.90. The lowest BCUT2D eigenvalue weighted by Gasteiger charge is -2.07. The molecule has 2 heterocycles. The molecule has 0 saturated heterocycles. The van der Waals surface area contributed by atoms with Crippen molar-refractivity contribution >= 4 is 16.7 Å². The van der Waals surface area contributed by atoms with Crippen LogP contribution in [0.1, 0.15) is 18.4 Å². The van der Waals surface area contributed by atoms with E-state index in [0.29, 0.717) is 5.70 Å². The summed E-state index contributed by atoms with van der Waals surface area (Å²) < 4.78 is 0. The SMILES string of the molecule is CN/C(=C(/C)N=N)c1cc2[nH]c(C)nc2cn1. The predicted octanol–water partition coefficient (Wildman–Crippen LogP) is 2.21. The molecule has 0 spiro atoms. The third-order valence-electron chi connectivity index (χ3n) is 2.52. The highest BCUT2D eigenvalue weighted by Crippen LogP contribution is 2.18. The number of aromatic amines is 1. The maximum absolute atomic E-state index is 7.04. The van der Waals surface area contributed by atoms with Crippen molar-refractivity contribution in [1.29, 1.82) is 5.53 Å². The van der Waals surface area contributed by atoms with Gasteiger partial charge in [0.25, 0.3) is 0 Å². The van der Waals surface area contributed by atoms with Crippen LogP contribution in [0.15, 0.2) is 23.1 Å². The molecule has 3 N–H and O–H groups in total. The second kappa shape index (κ2) is 4.32. The largest absolute Gasteiger partial charge is 0.385 e. The summed E-state index contributed by atoms with van der Waals surface area (Å²) in [5, 5.41) is 6.43. The number of aryl methyl sites for hydroxylation is 1. The fourth-order valence-corrected chi connectivity index (χ4v) is 1.73.